The van der Waals surface area contributed by atoms with Gasteiger partial charge < -0.3 is 5.32 Å². The van der Waals surface area contributed by atoms with Crippen molar-refractivity contribution in [2.45, 2.75) is 49.0 Å². The Hall–Kier alpha value is -1.37. The molecule has 0 radical (unpaired) electrons. The number of hydrogen-bond acceptors (Lipinski definition) is 5. The smallest absolute Gasteiger partial charge is 0.230 e. The summed E-state index contributed by atoms with van der Waals surface area (Å²) in [5, 5.41) is 5.27. The molecule has 1 aliphatic heterocycles. The Morgan fingerprint density at radius 3 is 2.81 bits per heavy atom. The minimum Gasteiger partial charge on any atom is -0.351 e. The van der Waals surface area contributed by atoms with Crippen molar-refractivity contribution in [2.75, 3.05) is 18.8 Å². The van der Waals surface area contributed by atoms with Gasteiger partial charge in [-0.15, -0.1) is 11.3 Å². The normalized spacial score (nSPS) is 20.9. The summed E-state index contributed by atoms with van der Waals surface area (Å²) >= 11 is 3.15. The van der Waals surface area contributed by atoms with E-state index in [0.29, 0.717) is 11.8 Å². The molecule has 1 aromatic carbocycles. The van der Waals surface area contributed by atoms with Crippen LogP contribution in [0.5, 0.6) is 0 Å². The summed E-state index contributed by atoms with van der Waals surface area (Å²) in [6.45, 7) is 4.11. The van der Waals surface area contributed by atoms with Crippen molar-refractivity contribution in [1.82, 2.24) is 15.2 Å². The maximum absolute atomic E-state index is 12.3. The molecule has 2 aliphatic rings. The largest absolute Gasteiger partial charge is 0.351 e. The number of nitrogens with zero attached hydrogens (tertiary/aromatic N) is 2. The second-order valence-electron chi connectivity index (χ2n) is 7.28. The third kappa shape index (κ3) is 4.30. The Bertz CT molecular complexity index is 751. The fraction of sp³-hybridized carbons (Fsp3) is 0.500. The predicted octanol–water partition coefficient (Wildman–Crippen LogP) is 3.29. The Morgan fingerprint density at radius 1 is 1.35 bits per heavy atom. The van der Waals surface area contributed by atoms with E-state index in [1.165, 1.54) is 22.9 Å². The molecule has 6 heteroatoms. The van der Waals surface area contributed by atoms with Crippen molar-refractivity contribution in [1.29, 1.82) is 0 Å². The lowest BCUT2D eigenvalue weighted by molar-refractivity contribution is -0.119. The van der Waals surface area contributed by atoms with Gasteiger partial charge in [-0.05, 0) is 50.3 Å². The van der Waals surface area contributed by atoms with Crippen molar-refractivity contribution in [3.05, 3.63) is 46.5 Å². The number of likely N-dealkylation sites (tertiary alicyclic amines) is 1. The molecule has 0 bridgehead atoms. The molecule has 1 atom stereocenters. The first-order chi connectivity index (χ1) is 12.7. The average Bonchev–Trinajstić information content (AvgIpc) is 3.26. The molecule has 1 aliphatic carbocycles. The molecular formula is C20H25N3OS2. The van der Waals surface area contributed by atoms with E-state index in [-0.39, 0.29) is 11.9 Å². The van der Waals surface area contributed by atoms with E-state index in [0.717, 1.165) is 48.8 Å². The van der Waals surface area contributed by atoms with Gasteiger partial charge in [-0.2, -0.15) is 0 Å². The highest BCUT2D eigenvalue weighted by molar-refractivity contribution is 8.01. The number of amides is 1. The lowest BCUT2D eigenvalue weighted by atomic mass is 10.0. The van der Waals surface area contributed by atoms with Crippen LogP contribution in [0.1, 0.15) is 29.7 Å². The van der Waals surface area contributed by atoms with Crippen molar-refractivity contribution < 1.29 is 4.79 Å². The van der Waals surface area contributed by atoms with Gasteiger partial charge in [0.2, 0.25) is 5.91 Å². The summed E-state index contributed by atoms with van der Waals surface area (Å²) in [6.07, 6.45) is 4.55. The van der Waals surface area contributed by atoms with E-state index in [1.54, 1.807) is 11.3 Å². The molecular weight excluding hydrogens is 362 g/mol. The number of carbonyl (C=O) groups is 1. The standard InChI is InChI=1S/C20H25N3OS2/c1-14-12-25-20(21-14)26-13-19(24)22-17-7-4-8-23(11-17)18-9-15-5-2-3-6-16(15)10-18/h2-3,5-6,12,17-18H,4,7-11,13H2,1H3,(H,22,24). The first-order valence-electron chi connectivity index (χ1n) is 9.32. The number of piperidine rings is 1. The molecule has 138 valence electrons. The predicted molar refractivity (Wildman–Crippen MR) is 108 cm³/mol. The van der Waals surface area contributed by atoms with Crippen LogP contribution < -0.4 is 5.32 Å². The van der Waals surface area contributed by atoms with Gasteiger partial charge in [0.1, 0.15) is 0 Å². The van der Waals surface area contributed by atoms with Crippen molar-refractivity contribution in [2.24, 2.45) is 0 Å². The van der Waals surface area contributed by atoms with Gasteiger partial charge in [0.15, 0.2) is 4.34 Å². The van der Waals surface area contributed by atoms with Crippen LogP contribution in [0.3, 0.4) is 0 Å². The van der Waals surface area contributed by atoms with E-state index in [1.807, 2.05) is 12.3 Å². The summed E-state index contributed by atoms with van der Waals surface area (Å²) in [5.74, 6) is 0.586. The van der Waals surface area contributed by atoms with Crippen LogP contribution in [0.15, 0.2) is 34.0 Å². The van der Waals surface area contributed by atoms with E-state index >= 15 is 0 Å². The van der Waals surface area contributed by atoms with Gasteiger partial charge in [-0.3, -0.25) is 9.69 Å². The molecule has 4 rings (SSSR count). The lowest BCUT2D eigenvalue weighted by Gasteiger charge is -2.37. The first-order valence-corrected chi connectivity index (χ1v) is 11.2. The zero-order chi connectivity index (χ0) is 17.9. The van der Waals surface area contributed by atoms with Crippen LogP contribution in [0.25, 0.3) is 0 Å². The van der Waals surface area contributed by atoms with Crippen molar-refractivity contribution in [3.8, 4) is 0 Å². The zero-order valence-electron chi connectivity index (χ0n) is 15.1. The molecule has 0 saturated carbocycles. The zero-order valence-corrected chi connectivity index (χ0v) is 16.7. The Kier molecular flexibility index (Phi) is 5.62. The third-order valence-corrected chi connectivity index (χ3v) is 7.43. The monoisotopic (exact) mass is 387 g/mol. The molecule has 1 N–H and O–H groups in total. The number of aryl methyl sites for hydroxylation is 1. The van der Waals surface area contributed by atoms with Crippen LogP contribution in [0.4, 0.5) is 0 Å². The molecule has 1 fully saturated rings. The van der Waals surface area contributed by atoms with Crippen LogP contribution in [0, 0.1) is 6.92 Å². The van der Waals surface area contributed by atoms with Gasteiger partial charge in [-0.1, -0.05) is 36.0 Å². The second-order valence-corrected chi connectivity index (χ2v) is 9.36. The number of carbonyl (C=O) groups excluding carboxylic acids is 1. The van der Waals surface area contributed by atoms with Gasteiger partial charge >= 0.3 is 0 Å². The molecule has 2 aromatic rings. The quantitative estimate of drug-likeness (QED) is 0.800. The molecule has 4 nitrogen and oxygen atoms in total. The fourth-order valence-electron chi connectivity index (χ4n) is 4.05. The molecule has 0 spiro atoms. The number of hydrogen-bond donors (Lipinski definition) is 1. The Balaban J connectivity index is 1.26. The minimum absolute atomic E-state index is 0.129. The fourth-order valence-corrected chi connectivity index (χ4v) is 5.71. The van der Waals surface area contributed by atoms with Gasteiger partial charge in [-0.25, -0.2) is 4.98 Å². The van der Waals surface area contributed by atoms with E-state index in [4.69, 9.17) is 0 Å². The average molecular weight is 388 g/mol. The maximum atomic E-state index is 12.3. The molecule has 1 saturated heterocycles. The Labute approximate surface area is 163 Å². The maximum Gasteiger partial charge on any atom is 0.230 e. The first kappa shape index (κ1) is 18.0. The second kappa shape index (κ2) is 8.11. The van der Waals surface area contributed by atoms with E-state index in [2.05, 4.69) is 39.5 Å². The van der Waals surface area contributed by atoms with Gasteiger partial charge in [0, 0.05) is 29.7 Å². The van der Waals surface area contributed by atoms with Crippen molar-refractivity contribution in [3.63, 3.8) is 0 Å². The summed E-state index contributed by atoms with van der Waals surface area (Å²) in [7, 11) is 0. The Morgan fingerprint density at radius 2 is 2.12 bits per heavy atom. The highest BCUT2D eigenvalue weighted by atomic mass is 32.2. The topological polar surface area (TPSA) is 45.2 Å². The van der Waals surface area contributed by atoms with Crippen LogP contribution in [-0.4, -0.2) is 46.7 Å². The molecule has 1 aromatic heterocycles. The van der Waals surface area contributed by atoms with Crippen LogP contribution in [0.2, 0.25) is 0 Å². The number of thioether (sulfide) groups is 1. The van der Waals surface area contributed by atoms with Crippen LogP contribution >= 0.6 is 23.1 Å². The van der Waals surface area contributed by atoms with Gasteiger partial charge in [0.25, 0.3) is 0 Å². The number of rotatable bonds is 5. The highest BCUT2D eigenvalue weighted by Crippen LogP contribution is 2.27. The summed E-state index contributed by atoms with van der Waals surface area (Å²) in [6, 6.07) is 9.68. The third-order valence-electron chi connectivity index (χ3n) is 5.29. The summed E-state index contributed by atoms with van der Waals surface area (Å²) < 4.78 is 0.978. The number of aromatic nitrogens is 1. The molecule has 26 heavy (non-hydrogen) atoms. The van der Waals surface area contributed by atoms with E-state index in [9.17, 15) is 4.79 Å². The molecule has 2 heterocycles. The lowest BCUT2D eigenvalue weighted by Crippen LogP contribution is -2.51. The number of nitrogens with one attached hydrogen (secondary N) is 1. The number of fused-ring (bicyclic) bond motifs is 1. The molecule has 1 unspecified atom stereocenters. The SMILES string of the molecule is Cc1csc(SCC(=O)NC2CCCN(C3Cc4ccccc4C3)C2)n1. The van der Waals surface area contributed by atoms with Gasteiger partial charge in [0.05, 0.1) is 5.75 Å². The van der Waals surface area contributed by atoms with E-state index < -0.39 is 0 Å². The van der Waals surface area contributed by atoms with Crippen LogP contribution in [-0.2, 0) is 17.6 Å². The highest BCUT2D eigenvalue weighted by Gasteiger charge is 2.30. The summed E-state index contributed by atoms with van der Waals surface area (Å²) in [5.41, 5.74) is 4.02. The van der Waals surface area contributed by atoms with Crippen molar-refractivity contribution >= 4 is 29.0 Å². The number of benzene rings is 1. The summed E-state index contributed by atoms with van der Waals surface area (Å²) in [4.78, 5) is 19.3. The number of thiazole rings is 1. The molecule has 1 amide bonds. The minimum atomic E-state index is 0.129.